The lowest BCUT2D eigenvalue weighted by Gasteiger charge is -2.15. The first kappa shape index (κ1) is 16.3. The summed E-state index contributed by atoms with van der Waals surface area (Å²) in [7, 11) is 4.31. The molecule has 2 aromatic rings. The fourth-order valence-corrected chi connectivity index (χ4v) is 2.15. The van der Waals surface area contributed by atoms with Gasteiger partial charge in [0.2, 0.25) is 5.95 Å². The highest BCUT2D eigenvalue weighted by molar-refractivity contribution is 5.90. The third-order valence-corrected chi connectivity index (χ3v) is 3.31. The standard InChI is InChI=1S/C15H18N4O4/c1-21-11-5-8(14(20)23-3)6-12(22-2)10(11)4-9-7-18-15(17)19-13(9)16/h5-7H,4H2,1-3H3,(H4,16,17,18,19). The Kier molecular flexibility index (Phi) is 4.85. The van der Waals surface area contributed by atoms with Crippen molar-refractivity contribution in [2.75, 3.05) is 32.8 Å². The minimum atomic E-state index is -0.483. The molecule has 23 heavy (non-hydrogen) atoms. The summed E-state index contributed by atoms with van der Waals surface area (Å²) in [5.74, 6) is 0.843. The number of nitrogen functional groups attached to an aromatic ring is 2. The lowest BCUT2D eigenvalue weighted by molar-refractivity contribution is 0.0600. The summed E-state index contributed by atoms with van der Waals surface area (Å²) in [5, 5.41) is 0. The van der Waals surface area contributed by atoms with Gasteiger partial charge in [0.05, 0.1) is 26.9 Å². The first-order valence-corrected chi connectivity index (χ1v) is 6.70. The van der Waals surface area contributed by atoms with Crippen LogP contribution < -0.4 is 20.9 Å². The molecule has 0 radical (unpaired) electrons. The first-order chi connectivity index (χ1) is 11.0. The summed E-state index contributed by atoms with van der Waals surface area (Å²) in [4.78, 5) is 19.6. The largest absolute Gasteiger partial charge is 0.496 e. The molecule has 0 fully saturated rings. The zero-order chi connectivity index (χ0) is 17.0. The van der Waals surface area contributed by atoms with E-state index in [-0.39, 0.29) is 11.8 Å². The number of hydrogen-bond acceptors (Lipinski definition) is 8. The number of aromatic nitrogens is 2. The highest BCUT2D eigenvalue weighted by Gasteiger charge is 2.18. The van der Waals surface area contributed by atoms with Crippen molar-refractivity contribution in [3.8, 4) is 11.5 Å². The molecule has 1 aromatic carbocycles. The van der Waals surface area contributed by atoms with Crippen LogP contribution in [-0.2, 0) is 11.2 Å². The van der Waals surface area contributed by atoms with E-state index in [1.165, 1.54) is 21.3 Å². The Hall–Kier alpha value is -3.03. The molecule has 0 bridgehead atoms. The van der Waals surface area contributed by atoms with E-state index in [0.717, 1.165) is 0 Å². The van der Waals surface area contributed by atoms with E-state index in [1.54, 1.807) is 18.3 Å². The number of carbonyl (C=O) groups is 1. The van der Waals surface area contributed by atoms with Crippen molar-refractivity contribution in [3.05, 3.63) is 35.0 Å². The van der Waals surface area contributed by atoms with E-state index in [0.29, 0.717) is 34.6 Å². The number of carbonyl (C=O) groups excluding carboxylic acids is 1. The lowest BCUT2D eigenvalue weighted by atomic mass is 10.0. The van der Waals surface area contributed by atoms with Gasteiger partial charge < -0.3 is 25.7 Å². The highest BCUT2D eigenvalue weighted by Crippen LogP contribution is 2.33. The van der Waals surface area contributed by atoms with Crippen molar-refractivity contribution >= 4 is 17.7 Å². The number of methoxy groups -OCH3 is 3. The van der Waals surface area contributed by atoms with E-state index in [9.17, 15) is 4.79 Å². The third kappa shape index (κ3) is 3.42. The molecule has 0 aliphatic heterocycles. The maximum absolute atomic E-state index is 11.7. The van der Waals surface area contributed by atoms with Crippen LogP contribution in [-0.4, -0.2) is 37.3 Å². The number of anilines is 2. The van der Waals surface area contributed by atoms with Crippen molar-refractivity contribution < 1.29 is 19.0 Å². The average molecular weight is 318 g/mol. The number of esters is 1. The Morgan fingerprint density at radius 2 is 1.74 bits per heavy atom. The van der Waals surface area contributed by atoms with Crippen LogP contribution >= 0.6 is 0 Å². The summed E-state index contributed by atoms with van der Waals surface area (Å²) in [6.07, 6.45) is 1.91. The molecule has 4 N–H and O–H groups in total. The predicted molar refractivity (Wildman–Crippen MR) is 84.5 cm³/mol. The smallest absolute Gasteiger partial charge is 0.338 e. The van der Waals surface area contributed by atoms with Gasteiger partial charge in [-0.2, -0.15) is 4.98 Å². The molecule has 0 aliphatic carbocycles. The summed E-state index contributed by atoms with van der Waals surface area (Å²) < 4.78 is 15.5. The quantitative estimate of drug-likeness (QED) is 0.784. The minimum Gasteiger partial charge on any atom is -0.496 e. The Morgan fingerprint density at radius 1 is 1.13 bits per heavy atom. The molecule has 1 aromatic heterocycles. The van der Waals surface area contributed by atoms with E-state index in [2.05, 4.69) is 9.97 Å². The Labute approximate surface area is 133 Å². The topological polar surface area (TPSA) is 123 Å². The van der Waals surface area contributed by atoms with Crippen molar-refractivity contribution in [3.63, 3.8) is 0 Å². The van der Waals surface area contributed by atoms with E-state index in [1.807, 2.05) is 0 Å². The van der Waals surface area contributed by atoms with Gasteiger partial charge in [0.1, 0.15) is 17.3 Å². The highest BCUT2D eigenvalue weighted by atomic mass is 16.5. The Morgan fingerprint density at radius 3 is 2.22 bits per heavy atom. The Balaban J connectivity index is 2.50. The second kappa shape index (κ2) is 6.82. The molecule has 0 unspecified atom stereocenters. The van der Waals surface area contributed by atoms with Gasteiger partial charge >= 0.3 is 5.97 Å². The van der Waals surface area contributed by atoms with Crippen molar-refractivity contribution in [1.29, 1.82) is 0 Å². The van der Waals surface area contributed by atoms with Crippen LogP contribution in [0.25, 0.3) is 0 Å². The number of nitrogens with zero attached hydrogens (tertiary/aromatic N) is 2. The molecule has 1 heterocycles. The fourth-order valence-electron chi connectivity index (χ4n) is 2.15. The molecule has 0 saturated heterocycles. The van der Waals surface area contributed by atoms with Gasteiger partial charge in [-0.15, -0.1) is 0 Å². The fraction of sp³-hybridized carbons (Fsp3) is 0.267. The van der Waals surface area contributed by atoms with Crippen LogP contribution in [0.1, 0.15) is 21.5 Å². The SMILES string of the molecule is COC(=O)c1cc(OC)c(Cc2cnc(N)nc2N)c(OC)c1. The molecular formula is C15H18N4O4. The number of rotatable bonds is 5. The van der Waals surface area contributed by atoms with Crippen LogP contribution in [0.15, 0.2) is 18.3 Å². The zero-order valence-corrected chi connectivity index (χ0v) is 13.1. The zero-order valence-electron chi connectivity index (χ0n) is 13.1. The molecule has 0 spiro atoms. The van der Waals surface area contributed by atoms with E-state index >= 15 is 0 Å². The summed E-state index contributed by atoms with van der Waals surface area (Å²) >= 11 is 0. The molecule has 8 nitrogen and oxygen atoms in total. The molecule has 2 rings (SSSR count). The molecule has 0 aliphatic rings. The number of benzene rings is 1. The lowest BCUT2D eigenvalue weighted by Crippen LogP contribution is -2.07. The van der Waals surface area contributed by atoms with Gasteiger partial charge in [0, 0.05) is 23.7 Å². The van der Waals surface area contributed by atoms with Gasteiger partial charge in [-0.05, 0) is 12.1 Å². The number of ether oxygens (including phenoxy) is 3. The first-order valence-electron chi connectivity index (χ1n) is 6.70. The van der Waals surface area contributed by atoms with Crippen molar-refractivity contribution in [1.82, 2.24) is 9.97 Å². The second-order valence-corrected chi connectivity index (χ2v) is 4.67. The van der Waals surface area contributed by atoms with Gasteiger partial charge in [-0.25, -0.2) is 9.78 Å². The predicted octanol–water partition coefficient (Wildman–Crippen LogP) is 1.04. The van der Waals surface area contributed by atoms with Crippen molar-refractivity contribution in [2.24, 2.45) is 0 Å². The van der Waals surface area contributed by atoms with Crippen LogP contribution in [0.2, 0.25) is 0 Å². The van der Waals surface area contributed by atoms with Crippen molar-refractivity contribution in [2.45, 2.75) is 6.42 Å². The Bertz CT molecular complexity index is 708. The summed E-state index contributed by atoms with van der Waals surface area (Å²) in [6, 6.07) is 3.16. The van der Waals surface area contributed by atoms with Gasteiger partial charge in [0.15, 0.2) is 0 Å². The summed E-state index contributed by atoms with van der Waals surface area (Å²) in [5.41, 5.74) is 13.1. The van der Waals surface area contributed by atoms with Crippen LogP contribution in [0, 0.1) is 0 Å². The average Bonchev–Trinajstić information content (AvgIpc) is 2.56. The number of hydrogen-bond donors (Lipinski definition) is 2. The van der Waals surface area contributed by atoms with Crippen LogP contribution in [0.4, 0.5) is 11.8 Å². The van der Waals surface area contributed by atoms with Gasteiger partial charge in [-0.1, -0.05) is 0 Å². The normalized spacial score (nSPS) is 10.2. The molecule has 8 heteroatoms. The van der Waals surface area contributed by atoms with Gasteiger partial charge in [0.25, 0.3) is 0 Å². The number of nitrogens with two attached hydrogens (primary N) is 2. The van der Waals surface area contributed by atoms with E-state index < -0.39 is 5.97 Å². The van der Waals surface area contributed by atoms with E-state index in [4.69, 9.17) is 25.7 Å². The molecule has 122 valence electrons. The van der Waals surface area contributed by atoms with Crippen LogP contribution in [0.5, 0.6) is 11.5 Å². The molecule has 0 saturated carbocycles. The molecular weight excluding hydrogens is 300 g/mol. The van der Waals surface area contributed by atoms with Gasteiger partial charge in [-0.3, -0.25) is 0 Å². The monoisotopic (exact) mass is 318 g/mol. The summed E-state index contributed by atoms with van der Waals surface area (Å²) in [6.45, 7) is 0. The maximum Gasteiger partial charge on any atom is 0.338 e. The minimum absolute atomic E-state index is 0.103. The molecule has 0 amide bonds. The van der Waals surface area contributed by atoms with Crippen LogP contribution in [0.3, 0.4) is 0 Å². The second-order valence-electron chi connectivity index (χ2n) is 4.67. The molecule has 0 atom stereocenters. The maximum atomic E-state index is 11.7. The third-order valence-electron chi connectivity index (χ3n) is 3.31.